The summed E-state index contributed by atoms with van der Waals surface area (Å²) in [5.41, 5.74) is 3.21. The molecule has 0 unspecified atom stereocenters. The van der Waals surface area contributed by atoms with Gasteiger partial charge in [-0.1, -0.05) is 23.7 Å². The van der Waals surface area contributed by atoms with E-state index in [1.165, 1.54) is 19.2 Å². The van der Waals surface area contributed by atoms with Gasteiger partial charge < -0.3 is 15.1 Å². The summed E-state index contributed by atoms with van der Waals surface area (Å²) in [5.74, 6) is -0.554. The van der Waals surface area contributed by atoms with Crippen LogP contribution in [0.4, 0.5) is 24.5 Å². The maximum absolute atomic E-state index is 14.1. The predicted octanol–water partition coefficient (Wildman–Crippen LogP) is 3.43. The van der Waals surface area contributed by atoms with Crippen molar-refractivity contribution >= 4 is 34.5 Å². The molecule has 1 aromatic carbocycles. The molecule has 0 radical (unpaired) electrons. The number of carbonyl (C=O) groups excluding carboxylic acids is 1. The van der Waals surface area contributed by atoms with Crippen LogP contribution in [0, 0.1) is 0 Å². The molecule has 192 valence electrons. The van der Waals surface area contributed by atoms with Crippen molar-refractivity contribution < 1.29 is 18.0 Å². The van der Waals surface area contributed by atoms with Crippen LogP contribution in [0.3, 0.4) is 0 Å². The van der Waals surface area contributed by atoms with Crippen molar-refractivity contribution in [2.45, 2.75) is 25.1 Å². The van der Waals surface area contributed by atoms with Crippen LogP contribution in [0.25, 0.3) is 5.65 Å². The number of benzene rings is 1. The largest absolute Gasteiger partial charge is 0.413 e. The summed E-state index contributed by atoms with van der Waals surface area (Å²) in [7, 11) is 1.23. The second kappa shape index (κ2) is 9.87. The van der Waals surface area contributed by atoms with E-state index in [0.717, 1.165) is 47.9 Å². The molecule has 4 heterocycles. The van der Waals surface area contributed by atoms with Crippen LogP contribution in [0.1, 0.15) is 23.7 Å². The molecule has 36 heavy (non-hydrogen) atoms. The molecule has 5 rings (SSSR count). The maximum atomic E-state index is 14.1. The van der Waals surface area contributed by atoms with Gasteiger partial charge in [0.25, 0.3) is 0 Å². The third-order valence-electron chi connectivity index (χ3n) is 6.80. The van der Waals surface area contributed by atoms with Gasteiger partial charge in [0.1, 0.15) is 0 Å². The zero-order chi connectivity index (χ0) is 25.4. The lowest BCUT2D eigenvalue weighted by molar-refractivity contribution is -0.189. The summed E-state index contributed by atoms with van der Waals surface area (Å²) in [6, 6.07) is 5.89. The van der Waals surface area contributed by atoms with Crippen molar-refractivity contribution in [1.82, 2.24) is 29.7 Å². The van der Waals surface area contributed by atoms with Crippen molar-refractivity contribution in [2.24, 2.45) is 0 Å². The second-order valence-electron chi connectivity index (χ2n) is 9.15. The molecular formula is C24H27ClF3N7O. The molecule has 3 aromatic rings. The minimum absolute atomic E-state index is 0.0204. The highest BCUT2D eigenvalue weighted by Gasteiger charge is 2.45. The molecule has 1 fully saturated rings. The number of hydrogen-bond donors (Lipinski definition) is 1. The third kappa shape index (κ3) is 4.87. The van der Waals surface area contributed by atoms with Crippen molar-refractivity contribution in [1.29, 1.82) is 0 Å². The van der Waals surface area contributed by atoms with E-state index in [4.69, 9.17) is 11.6 Å². The summed E-state index contributed by atoms with van der Waals surface area (Å²) in [6.45, 7) is 3.36. The van der Waals surface area contributed by atoms with E-state index >= 15 is 0 Å². The van der Waals surface area contributed by atoms with E-state index in [1.54, 1.807) is 28.9 Å². The number of nitrogens with zero attached hydrogens (tertiary/aromatic N) is 6. The highest BCUT2D eigenvalue weighted by atomic mass is 35.5. The van der Waals surface area contributed by atoms with E-state index in [9.17, 15) is 18.0 Å². The molecule has 0 spiro atoms. The Hall–Kier alpha value is -2.89. The fourth-order valence-corrected chi connectivity index (χ4v) is 5.15. The fraction of sp³-hybridized carbons (Fsp3) is 0.458. The van der Waals surface area contributed by atoms with E-state index < -0.39 is 18.1 Å². The van der Waals surface area contributed by atoms with Gasteiger partial charge in [0.15, 0.2) is 16.8 Å². The number of likely N-dealkylation sites (N-methyl/N-ethyl adjacent to an activating group) is 1. The standard InChI is InChI=1S/C24H27ClF3N7O/c1-32(22(36)15-33-11-8-29-9-12-33)23(24(26,27)28)16-4-6-17(7-5-16)34-10-2-3-18-19(34)14-30-21-13-20(25)31-35(18)21/h4-7,13-14,23,29H,2-3,8-12,15H2,1H3/t23-/m0/s1. The average Bonchev–Trinajstić information content (AvgIpc) is 3.25. The molecule has 1 N–H and O–H groups in total. The molecule has 0 aliphatic carbocycles. The Labute approximate surface area is 211 Å². The molecule has 0 saturated carbocycles. The van der Waals surface area contributed by atoms with E-state index in [-0.39, 0.29) is 12.1 Å². The quantitative estimate of drug-likeness (QED) is 0.555. The topological polar surface area (TPSA) is 69.0 Å². The van der Waals surface area contributed by atoms with Crippen molar-refractivity contribution in [3.8, 4) is 0 Å². The van der Waals surface area contributed by atoms with E-state index in [2.05, 4.69) is 15.4 Å². The molecular weight excluding hydrogens is 495 g/mol. The summed E-state index contributed by atoms with van der Waals surface area (Å²) in [5, 5.41) is 7.85. The first kappa shape index (κ1) is 24.8. The van der Waals surface area contributed by atoms with Crippen LogP contribution in [-0.2, 0) is 11.2 Å². The first-order chi connectivity index (χ1) is 17.2. The number of carbonyl (C=O) groups is 1. The van der Waals surface area contributed by atoms with Crippen LogP contribution in [-0.4, -0.2) is 82.8 Å². The minimum atomic E-state index is -4.61. The van der Waals surface area contributed by atoms with Gasteiger partial charge in [0, 0.05) is 51.5 Å². The lowest BCUT2D eigenvalue weighted by Crippen LogP contribution is -2.49. The highest BCUT2D eigenvalue weighted by molar-refractivity contribution is 6.29. The molecule has 12 heteroatoms. The monoisotopic (exact) mass is 521 g/mol. The van der Waals surface area contributed by atoms with Crippen LogP contribution in [0.2, 0.25) is 5.15 Å². The maximum Gasteiger partial charge on any atom is 0.413 e. The summed E-state index contributed by atoms with van der Waals surface area (Å²) in [4.78, 5) is 21.9. The van der Waals surface area contributed by atoms with Crippen LogP contribution in [0.15, 0.2) is 36.5 Å². The molecule has 0 bridgehead atoms. The Bertz CT molecular complexity index is 1240. The van der Waals surface area contributed by atoms with E-state index in [1.807, 2.05) is 9.80 Å². The number of hydrogen-bond acceptors (Lipinski definition) is 6. The Morgan fingerprint density at radius 2 is 1.92 bits per heavy atom. The van der Waals surface area contributed by atoms with Crippen molar-refractivity contribution in [3.05, 3.63) is 52.9 Å². The molecule has 2 aliphatic heterocycles. The Morgan fingerprint density at radius 1 is 1.19 bits per heavy atom. The first-order valence-corrected chi connectivity index (χ1v) is 12.3. The first-order valence-electron chi connectivity index (χ1n) is 11.9. The minimum Gasteiger partial charge on any atom is -0.339 e. The zero-order valence-electron chi connectivity index (χ0n) is 19.8. The van der Waals surface area contributed by atoms with Gasteiger partial charge in [0.2, 0.25) is 5.91 Å². The summed E-state index contributed by atoms with van der Waals surface area (Å²) < 4.78 is 44.1. The molecule has 2 aromatic heterocycles. The van der Waals surface area contributed by atoms with Crippen LogP contribution >= 0.6 is 11.6 Å². The van der Waals surface area contributed by atoms with Crippen LogP contribution in [0.5, 0.6) is 0 Å². The third-order valence-corrected chi connectivity index (χ3v) is 6.98. The zero-order valence-corrected chi connectivity index (χ0v) is 20.6. The van der Waals surface area contributed by atoms with E-state index in [0.29, 0.717) is 30.4 Å². The average molecular weight is 522 g/mol. The SMILES string of the molecule is CN(C(=O)CN1CCNCC1)[C@@H](c1ccc(N2CCCc3c2cnc2cc(Cl)nn32)cc1)C(F)(F)F. The Balaban J connectivity index is 1.39. The molecule has 2 aliphatic rings. The van der Waals surface area contributed by atoms with Crippen molar-refractivity contribution in [3.63, 3.8) is 0 Å². The Kier molecular flexibility index (Phi) is 6.80. The van der Waals surface area contributed by atoms with Gasteiger partial charge in [-0.25, -0.2) is 9.50 Å². The van der Waals surface area contributed by atoms with Gasteiger partial charge in [-0.3, -0.25) is 9.69 Å². The number of piperazine rings is 1. The highest BCUT2D eigenvalue weighted by Crippen LogP contribution is 2.39. The van der Waals surface area contributed by atoms with Gasteiger partial charge in [-0.2, -0.15) is 18.3 Å². The molecule has 1 amide bonds. The number of fused-ring (bicyclic) bond motifs is 3. The number of alkyl halides is 3. The molecule has 8 nitrogen and oxygen atoms in total. The summed E-state index contributed by atoms with van der Waals surface area (Å²) >= 11 is 6.05. The van der Waals surface area contributed by atoms with Gasteiger partial charge in [-0.05, 0) is 30.5 Å². The van der Waals surface area contributed by atoms with Gasteiger partial charge in [-0.15, -0.1) is 0 Å². The number of halogens is 4. The summed E-state index contributed by atoms with van der Waals surface area (Å²) in [6.07, 6.45) is -1.23. The lowest BCUT2D eigenvalue weighted by atomic mass is 10.0. The van der Waals surface area contributed by atoms with Crippen molar-refractivity contribution in [2.75, 3.05) is 51.2 Å². The predicted molar refractivity (Wildman–Crippen MR) is 131 cm³/mol. The number of amides is 1. The fourth-order valence-electron chi connectivity index (χ4n) is 4.98. The number of aryl methyl sites for hydroxylation is 1. The normalized spacial score (nSPS) is 17.8. The Morgan fingerprint density at radius 3 is 2.61 bits per heavy atom. The van der Waals surface area contributed by atoms with Gasteiger partial charge >= 0.3 is 6.18 Å². The molecule has 1 saturated heterocycles. The lowest BCUT2D eigenvalue weighted by Gasteiger charge is -2.34. The number of nitrogens with one attached hydrogen (secondary N) is 1. The molecule has 1 atom stereocenters. The van der Waals surface area contributed by atoms with Gasteiger partial charge in [0.05, 0.1) is 24.1 Å². The van der Waals surface area contributed by atoms with Crippen LogP contribution < -0.4 is 10.2 Å². The number of aromatic nitrogens is 3. The number of rotatable bonds is 5. The number of anilines is 2. The second-order valence-corrected chi connectivity index (χ2v) is 9.54. The smallest absolute Gasteiger partial charge is 0.339 e.